The van der Waals surface area contributed by atoms with Crippen LogP contribution in [0, 0.1) is 0 Å². The molecule has 0 aromatic heterocycles. The number of hydrogen-bond donors (Lipinski definition) is 0. The minimum Gasteiger partial charge on any atom is -0.0991 e. The summed E-state index contributed by atoms with van der Waals surface area (Å²) in [5, 5.41) is 2.50. The van der Waals surface area contributed by atoms with Crippen molar-refractivity contribution in [1.29, 1.82) is 0 Å². The van der Waals surface area contributed by atoms with E-state index in [9.17, 15) is 0 Å². The minimum absolute atomic E-state index is 0.903. The molecule has 0 heterocycles. The lowest BCUT2D eigenvalue weighted by atomic mass is 10.1. The second-order valence-electron chi connectivity index (χ2n) is 3.73. The lowest BCUT2D eigenvalue weighted by Gasteiger charge is -1.97. The van der Waals surface area contributed by atoms with Gasteiger partial charge in [0.05, 0.1) is 0 Å². The first-order chi connectivity index (χ1) is 8.29. The van der Waals surface area contributed by atoms with E-state index in [1.54, 1.807) is 0 Å². The van der Waals surface area contributed by atoms with Crippen LogP contribution in [0.4, 0.5) is 0 Å². The Kier molecular flexibility index (Phi) is 5.22. The average Bonchev–Trinajstić information content (AvgIpc) is 2.49. The summed E-state index contributed by atoms with van der Waals surface area (Å²) in [5.74, 6) is 0. The fourth-order valence-electron chi connectivity index (χ4n) is 1.82. The van der Waals surface area contributed by atoms with E-state index in [1.807, 2.05) is 26.0 Å². The van der Waals surface area contributed by atoms with Crippen molar-refractivity contribution in [1.82, 2.24) is 0 Å². The quantitative estimate of drug-likeness (QED) is 0.686. The van der Waals surface area contributed by atoms with E-state index < -0.39 is 0 Å². The summed E-state index contributed by atoms with van der Waals surface area (Å²) >= 11 is 0. The van der Waals surface area contributed by atoms with E-state index in [0.717, 1.165) is 12.0 Å². The largest absolute Gasteiger partial charge is 0.0991 e. The summed E-state index contributed by atoms with van der Waals surface area (Å²) in [6.45, 7) is 11.8. The summed E-state index contributed by atoms with van der Waals surface area (Å²) in [4.78, 5) is 0. The molecular weight excluding hydrogens is 204 g/mol. The lowest BCUT2D eigenvalue weighted by molar-refractivity contribution is 1.28. The zero-order valence-corrected chi connectivity index (χ0v) is 10.7. The molecule has 0 aliphatic heterocycles. The summed E-state index contributed by atoms with van der Waals surface area (Å²) in [7, 11) is 0. The molecule has 17 heavy (non-hydrogen) atoms. The maximum atomic E-state index is 4.05. The number of hydrogen-bond acceptors (Lipinski definition) is 0. The van der Waals surface area contributed by atoms with Crippen LogP contribution in [0.2, 0.25) is 0 Å². The van der Waals surface area contributed by atoms with Crippen LogP contribution in [0.15, 0.2) is 60.7 Å². The molecule has 0 fully saturated rings. The molecule has 1 aromatic carbocycles. The molecule has 0 saturated carbocycles. The molecule has 1 aromatic rings. The Morgan fingerprint density at radius 1 is 1.06 bits per heavy atom. The molecule has 0 unspecified atom stereocenters. The topological polar surface area (TPSA) is 0 Å². The number of benzene rings is 1. The molecule has 1 aliphatic carbocycles. The Morgan fingerprint density at radius 2 is 1.65 bits per heavy atom. The van der Waals surface area contributed by atoms with Gasteiger partial charge in [0.25, 0.3) is 0 Å². The molecule has 0 heteroatoms. The van der Waals surface area contributed by atoms with Gasteiger partial charge in [-0.1, -0.05) is 81.1 Å². The fourth-order valence-corrected chi connectivity index (χ4v) is 1.82. The third-order valence-corrected chi connectivity index (χ3v) is 2.46. The third kappa shape index (κ3) is 3.60. The Bertz CT molecular complexity index is 542. The van der Waals surface area contributed by atoms with Gasteiger partial charge in [-0.2, -0.15) is 0 Å². The molecule has 0 nitrogen and oxygen atoms in total. The smallest absolute Gasteiger partial charge is 0.00312 e. The van der Waals surface area contributed by atoms with Gasteiger partial charge in [0, 0.05) is 0 Å². The highest BCUT2D eigenvalue weighted by Gasteiger charge is 1.99. The van der Waals surface area contributed by atoms with Gasteiger partial charge in [-0.25, -0.2) is 0 Å². The molecule has 0 N–H and O–H groups in total. The van der Waals surface area contributed by atoms with Crippen molar-refractivity contribution >= 4 is 12.2 Å². The summed E-state index contributed by atoms with van der Waals surface area (Å²) < 4.78 is 0. The molecule has 88 valence electrons. The maximum Gasteiger partial charge on any atom is -0.00312 e. The highest BCUT2D eigenvalue weighted by molar-refractivity contribution is 5.59. The summed E-state index contributed by atoms with van der Waals surface area (Å²) in [5.41, 5.74) is 2.40. The molecule has 0 spiro atoms. The van der Waals surface area contributed by atoms with Crippen LogP contribution in [-0.2, 0) is 0 Å². The zero-order valence-electron chi connectivity index (χ0n) is 10.7. The van der Waals surface area contributed by atoms with E-state index >= 15 is 0 Å². The number of rotatable bonds is 1. The van der Waals surface area contributed by atoms with Gasteiger partial charge in [0.2, 0.25) is 0 Å². The van der Waals surface area contributed by atoms with Gasteiger partial charge in [-0.05, 0) is 22.4 Å². The molecule has 0 atom stereocenters. The Hall–Kier alpha value is -1.82. The second-order valence-corrected chi connectivity index (χ2v) is 3.73. The Labute approximate surface area is 104 Å². The van der Waals surface area contributed by atoms with Crippen molar-refractivity contribution in [3.8, 4) is 0 Å². The first-order valence-corrected chi connectivity index (χ1v) is 6.07. The van der Waals surface area contributed by atoms with Gasteiger partial charge in [0.15, 0.2) is 0 Å². The number of allylic oxidation sites excluding steroid dienone is 4. The van der Waals surface area contributed by atoms with Gasteiger partial charge >= 0.3 is 0 Å². The van der Waals surface area contributed by atoms with Gasteiger partial charge in [-0.3, -0.25) is 0 Å². The van der Waals surface area contributed by atoms with Crippen molar-refractivity contribution in [3.63, 3.8) is 0 Å². The first-order valence-electron chi connectivity index (χ1n) is 6.07. The van der Waals surface area contributed by atoms with Crippen LogP contribution in [0.5, 0.6) is 0 Å². The van der Waals surface area contributed by atoms with Crippen LogP contribution < -0.4 is 10.4 Å². The van der Waals surface area contributed by atoms with Crippen molar-refractivity contribution in [2.24, 2.45) is 0 Å². The first kappa shape index (κ1) is 13.2. The SMILES string of the molecule is C=C/C=C1/C=c2ccccc2=CC(=C)C1.CC. The highest BCUT2D eigenvalue weighted by Crippen LogP contribution is 2.13. The van der Waals surface area contributed by atoms with Crippen molar-refractivity contribution in [2.75, 3.05) is 0 Å². The molecule has 0 saturated heterocycles. The minimum atomic E-state index is 0.903. The normalized spacial score (nSPS) is 15.6. The van der Waals surface area contributed by atoms with Crippen LogP contribution in [0.3, 0.4) is 0 Å². The van der Waals surface area contributed by atoms with Crippen LogP contribution in [0.1, 0.15) is 20.3 Å². The number of fused-ring (bicyclic) bond motifs is 1. The molecule has 2 rings (SSSR count). The van der Waals surface area contributed by atoms with Gasteiger partial charge in [0.1, 0.15) is 0 Å². The van der Waals surface area contributed by atoms with Crippen LogP contribution in [0.25, 0.3) is 12.2 Å². The van der Waals surface area contributed by atoms with Gasteiger partial charge in [-0.15, -0.1) is 0 Å². The van der Waals surface area contributed by atoms with Gasteiger partial charge < -0.3 is 0 Å². The molecule has 0 amide bonds. The van der Waals surface area contributed by atoms with Crippen LogP contribution >= 0.6 is 0 Å². The van der Waals surface area contributed by atoms with E-state index in [0.29, 0.717) is 0 Å². The van der Waals surface area contributed by atoms with Crippen molar-refractivity contribution in [3.05, 3.63) is 71.2 Å². The van der Waals surface area contributed by atoms with Crippen molar-refractivity contribution < 1.29 is 0 Å². The Balaban J connectivity index is 0.000000686. The van der Waals surface area contributed by atoms with E-state index in [2.05, 4.69) is 49.6 Å². The molecule has 0 bridgehead atoms. The fraction of sp³-hybridized carbons (Fsp3) is 0.176. The molecule has 1 aliphatic rings. The summed E-state index contributed by atoms with van der Waals surface area (Å²) in [6.07, 6.45) is 9.12. The predicted octanol–water partition coefficient (Wildman–Crippen LogP) is 3.35. The maximum absolute atomic E-state index is 4.05. The molecule has 0 radical (unpaired) electrons. The predicted molar refractivity (Wildman–Crippen MR) is 78.0 cm³/mol. The Morgan fingerprint density at radius 3 is 2.24 bits per heavy atom. The highest BCUT2D eigenvalue weighted by atomic mass is 14.0. The van der Waals surface area contributed by atoms with Crippen molar-refractivity contribution in [2.45, 2.75) is 20.3 Å². The van der Waals surface area contributed by atoms with E-state index in [1.165, 1.54) is 16.0 Å². The zero-order chi connectivity index (χ0) is 12.7. The third-order valence-electron chi connectivity index (χ3n) is 2.46. The monoisotopic (exact) mass is 224 g/mol. The van der Waals surface area contributed by atoms with Crippen LogP contribution in [-0.4, -0.2) is 0 Å². The standard InChI is InChI=1S/C15H14.C2H6/c1-3-6-13-9-12(2)10-14-7-4-5-8-15(14)11-13;1-2/h3-8,10-11H,1-2,9H2;1-2H3/b13-6+;. The second kappa shape index (κ2) is 6.70. The van der Waals surface area contributed by atoms with E-state index in [-0.39, 0.29) is 0 Å². The lowest BCUT2D eigenvalue weighted by Crippen LogP contribution is -2.22. The molecular formula is C17H20. The summed E-state index contributed by atoms with van der Waals surface area (Å²) in [6, 6.07) is 8.36. The van der Waals surface area contributed by atoms with E-state index in [4.69, 9.17) is 0 Å². The average molecular weight is 224 g/mol.